The van der Waals surface area contributed by atoms with E-state index >= 15 is 0 Å². The van der Waals surface area contributed by atoms with Crippen molar-refractivity contribution in [3.63, 3.8) is 0 Å². The molecule has 0 amide bonds. The number of halogens is 1. The molecule has 0 spiro atoms. The standard InChI is InChI=1S/FH2O3P.2Na.O2Si/c1-5(2,3)4;;;1-3-2/h(H2,2,3,4);;;/q;2*+1;/p-2. The minimum atomic E-state index is -5.64. The SMILES string of the molecule is O=P([O-])([O-])F.O=[Si]=O.[Na+].[Na+]. The van der Waals surface area contributed by atoms with E-state index in [1.54, 1.807) is 0 Å². The molecule has 0 aliphatic rings. The zero-order valence-electron chi connectivity index (χ0n) is 5.37. The molecule has 0 bridgehead atoms. The molecule has 10 heavy (non-hydrogen) atoms. The first-order chi connectivity index (χ1) is 3.41. The predicted molar refractivity (Wildman–Crippen MR) is 15.8 cm³/mol. The molecule has 0 aromatic heterocycles. The molecule has 0 radical (unpaired) electrons. The van der Waals surface area contributed by atoms with Gasteiger partial charge in [0, 0.05) is 0 Å². The van der Waals surface area contributed by atoms with Crippen molar-refractivity contribution in [2.45, 2.75) is 0 Å². The van der Waals surface area contributed by atoms with Crippen LogP contribution in [0.1, 0.15) is 0 Å². The second-order valence-corrected chi connectivity index (χ2v) is 1.54. The summed E-state index contributed by atoms with van der Waals surface area (Å²) in [4.78, 5) is 16.9. The van der Waals surface area contributed by atoms with E-state index in [1.165, 1.54) is 0 Å². The summed E-state index contributed by atoms with van der Waals surface area (Å²) in [5, 5.41) is 0. The van der Waals surface area contributed by atoms with Crippen LogP contribution >= 0.6 is 7.91 Å². The van der Waals surface area contributed by atoms with Crippen LogP contribution in [0.2, 0.25) is 0 Å². The van der Waals surface area contributed by atoms with Gasteiger partial charge in [-0.2, -0.15) is 0 Å². The molecule has 0 N–H and O–H groups in total. The topological polar surface area (TPSA) is 97.3 Å². The van der Waals surface area contributed by atoms with Crippen molar-refractivity contribution in [1.82, 2.24) is 0 Å². The fourth-order valence-electron chi connectivity index (χ4n) is 0. The molecule has 5 nitrogen and oxygen atoms in total. The van der Waals surface area contributed by atoms with Crippen molar-refractivity contribution in [2.75, 3.05) is 0 Å². The van der Waals surface area contributed by atoms with Crippen molar-refractivity contribution < 1.29 is 86.6 Å². The summed E-state index contributed by atoms with van der Waals surface area (Å²) in [6.07, 6.45) is 0. The zero-order valence-corrected chi connectivity index (χ0v) is 11.3. The smallest absolute Gasteiger partial charge is 0.786 e. The van der Waals surface area contributed by atoms with Gasteiger partial charge in [0.05, 0.1) is 0 Å². The Labute approximate surface area is 103 Å². The van der Waals surface area contributed by atoms with Crippen LogP contribution in [0, 0.1) is 0 Å². The van der Waals surface area contributed by atoms with Gasteiger partial charge < -0.3 is 14.4 Å². The summed E-state index contributed by atoms with van der Waals surface area (Å²) in [7, 11) is -7.06. The summed E-state index contributed by atoms with van der Waals surface area (Å²) in [6.45, 7) is 0. The Morgan fingerprint density at radius 3 is 1.20 bits per heavy atom. The Kier molecular flexibility index (Phi) is 30.5. The molecule has 0 rings (SSSR count). The van der Waals surface area contributed by atoms with Gasteiger partial charge in [0.25, 0.3) is 0 Å². The molecule has 0 saturated carbocycles. The summed E-state index contributed by atoms with van der Waals surface area (Å²) >= 11 is 0. The number of hydrogen-bond acceptors (Lipinski definition) is 5. The third kappa shape index (κ3) is 218. The van der Waals surface area contributed by atoms with Gasteiger partial charge in [-0.25, -0.2) is 4.20 Å². The van der Waals surface area contributed by atoms with Gasteiger partial charge in [0.1, 0.15) is 7.91 Å². The summed E-state index contributed by atoms with van der Waals surface area (Å²) in [5.41, 5.74) is 0. The molecule has 0 aliphatic heterocycles. The summed E-state index contributed by atoms with van der Waals surface area (Å²) in [6, 6.07) is 0. The monoisotopic (exact) mass is 204 g/mol. The Morgan fingerprint density at radius 1 is 1.20 bits per heavy atom. The van der Waals surface area contributed by atoms with Gasteiger partial charge in [0.15, 0.2) is 0 Å². The van der Waals surface area contributed by atoms with Crippen LogP contribution in [0.15, 0.2) is 0 Å². The number of rotatable bonds is 0. The molecule has 0 heterocycles. The summed E-state index contributed by atoms with van der Waals surface area (Å²) < 4.78 is 35.4. The first-order valence-electron chi connectivity index (χ1n) is 1.13. The Hall–Kier alpha value is 1.90. The zero-order chi connectivity index (χ0) is 7.21. The molecule has 0 aliphatic carbocycles. The maximum Gasteiger partial charge on any atom is 1.00 e. The average Bonchev–Trinajstić information content (AvgIpc) is 1.27. The van der Waals surface area contributed by atoms with Crippen molar-refractivity contribution in [3.8, 4) is 0 Å². The van der Waals surface area contributed by atoms with E-state index in [1.807, 2.05) is 0 Å². The van der Waals surface area contributed by atoms with E-state index in [0.717, 1.165) is 0 Å². The molecule has 0 saturated heterocycles. The quantitative estimate of drug-likeness (QED) is 0.288. The first kappa shape index (κ1) is 22.7. The van der Waals surface area contributed by atoms with Crippen molar-refractivity contribution in [1.29, 1.82) is 0 Å². The van der Waals surface area contributed by atoms with E-state index in [4.69, 9.17) is 23.3 Å². The van der Waals surface area contributed by atoms with Crippen LogP contribution in [0.4, 0.5) is 4.20 Å². The molecule has 0 unspecified atom stereocenters. The Bertz CT molecular complexity index is 117. The van der Waals surface area contributed by atoms with E-state index in [9.17, 15) is 4.20 Å². The van der Waals surface area contributed by atoms with Crippen LogP contribution in [0.25, 0.3) is 0 Å². The second-order valence-electron chi connectivity index (χ2n) is 0.514. The first-order valence-corrected chi connectivity index (χ1v) is 3.38. The van der Waals surface area contributed by atoms with Crippen LogP contribution in [0.3, 0.4) is 0 Å². The van der Waals surface area contributed by atoms with E-state index in [-0.39, 0.29) is 59.1 Å². The third-order valence-electron chi connectivity index (χ3n) is 0. The molecule has 10 heteroatoms. The van der Waals surface area contributed by atoms with Crippen LogP contribution < -0.4 is 68.9 Å². The predicted octanol–water partition coefficient (Wildman–Crippen LogP) is -7.83. The summed E-state index contributed by atoms with van der Waals surface area (Å²) in [5.74, 6) is 0. The van der Waals surface area contributed by atoms with Gasteiger partial charge in [-0.3, -0.25) is 8.92 Å². The van der Waals surface area contributed by atoms with Crippen molar-refractivity contribution in [3.05, 3.63) is 0 Å². The van der Waals surface area contributed by atoms with Gasteiger partial charge >= 0.3 is 68.4 Å². The van der Waals surface area contributed by atoms with E-state index < -0.39 is 17.2 Å². The molecule has 48 valence electrons. The van der Waals surface area contributed by atoms with Crippen LogP contribution in [-0.2, 0) is 13.5 Å². The fourth-order valence-corrected chi connectivity index (χ4v) is 0. The van der Waals surface area contributed by atoms with Gasteiger partial charge in [-0.1, -0.05) is 0 Å². The van der Waals surface area contributed by atoms with E-state index in [2.05, 4.69) is 0 Å². The normalized spacial score (nSPS) is 6.70. The molecule has 0 fully saturated rings. The molecular formula is FNa2O5PSi. The molecule has 0 atom stereocenters. The minimum absolute atomic E-state index is 0. The second kappa shape index (κ2) is 13.5. The van der Waals surface area contributed by atoms with Crippen LogP contribution in [-0.4, -0.2) is 9.29 Å². The molecule has 0 aromatic carbocycles. The van der Waals surface area contributed by atoms with Gasteiger partial charge in [0.2, 0.25) is 0 Å². The third-order valence-corrected chi connectivity index (χ3v) is 0. The van der Waals surface area contributed by atoms with E-state index in [0.29, 0.717) is 0 Å². The van der Waals surface area contributed by atoms with Crippen molar-refractivity contribution >= 4 is 17.2 Å². The molecule has 0 aromatic rings. The maximum absolute atomic E-state index is 10.1. The maximum atomic E-state index is 10.1. The fraction of sp³-hybridized carbons (Fsp3) is 0. The van der Waals surface area contributed by atoms with Crippen LogP contribution in [0.5, 0.6) is 0 Å². The van der Waals surface area contributed by atoms with Gasteiger partial charge in [-0.15, -0.1) is 0 Å². The van der Waals surface area contributed by atoms with Crippen molar-refractivity contribution in [2.24, 2.45) is 0 Å². The molecular weight excluding hydrogens is 204 g/mol. The van der Waals surface area contributed by atoms with Gasteiger partial charge in [-0.05, 0) is 0 Å². The Morgan fingerprint density at radius 2 is 1.20 bits per heavy atom. The number of hydrogen-bond donors (Lipinski definition) is 0. The average molecular weight is 204 g/mol. The Balaban J connectivity index is -0.0000000326. The largest absolute Gasteiger partial charge is 1.00 e. The minimum Gasteiger partial charge on any atom is -0.786 e.